The van der Waals surface area contributed by atoms with Crippen molar-refractivity contribution < 1.29 is 0 Å². The minimum absolute atomic E-state index is 0.0534. The van der Waals surface area contributed by atoms with Gasteiger partial charge in [-0.1, -0.05) is 142 Å². The van der Waals surface area contributed by atoms with Gasteiger partial charge in [0.25, 0.3) is 0 Å². The molecule has 0 N–H and O–H groups in total. The molecule has 6 aromatic carbocycles. The third-order valence-corrected chi connectivity index (χ3v) is 10.5. The van der Waals surface area contributed by atoms with Crippen molar-refractivity contribution in [2.75, 3.05) is 0 Å². The van der Waals surface area contributed by atoms with E-state index in [0.29, 0.717) is 0 Å². The summed E-state index contributed by atoms with van der Waals surface area (Å²) in [6, 6.07) is 48.0. The first kappa shape index (κ1) is 29.7. The topological polar surface area (TPSA) is 0 Å². The van der Waals surface area contributed by atoms with Gasteiger partial charge in [-0.25, -0.2) is 0 Å². The Morgan fingerprint density at radius 2 is 1.20 bits per heavy atom. The highest BCUT2D eigenvalue weighted by molar-refractivity contribution is 14.1. The molecule has 222 valence electrons. The van der Waals surface area contributed by atoms with Crippen LogP contribution in [0.1, 0.15) is 54.2 Å². The summed E-state index contributed by atoms with van der Waals surface area (Å²) in [6.45, 7) is 9.19. The molecule has 0 radical (unpaired) electrons. The largest absolute Gasteiger partial charge is 0.0620 e. The van der Waals surface area contributed by atoms with Crippen molar-refractivity contribution in [3.05, 3.63) is 164 Å². The molecule has 0 amide bonds. The molecule has 6 aromatic rings. The molecule has 0 atom stereocenters. The lowest BCUT2D eigenvalue weighted by atomic mass is 9.78. The zero-order valence-corrected chi connectivity index (χ0v) is 28.8. The summed E-state index contributed by atoms with van der Waals surface area (Å²) in [4.78, 5) is 0. The summed E-state index contributed by atoms with van der Waals surface area (Å²) >= 11 is 2.39. The molecule has 0 heterocycles. The van der Waals surface area contributed by atoms with Crippen LogP contribution in [-0.4, -0.2) is 0 Å². The molecule has 0 saturated carbocycles. The van der Waals surface area contributed by atoms with E-state index in [2.05, 4.69) is 178 Å². The molecule has 0 spiro atoms. The van der Waals surface area contributed by atoms with E-state index in [4.69, 9.17) is 0 Å². The smallest absolute Gasteiger partial charge is 0.0165 e. The van der Waals surface area contributed by atoms with Crippen molar-refractivity contribution >= 4 is 22.6 Å². The average Bonchev–Trinajstić information content (AvgIpc) is 3.30. The van der Waals surface area contributed by atoms with E-state index in [1.807, 2.05) is 0 Å². The Hall–Kier alpha value is -3.95. The van der Waals surface area contributed by atoms with Crippen molar-refractivity contribution in [3.8, 4) is 44.5 Å². The van der Waals surface area contributed by atoms with Crippen LogP contribution in [0.5, 0.6) is 0 Å². The maximum absolute atomic E-state index is 2.48. The second-order valence-corrected chi connectivity index (χ2v) is 14.2. The first-order chi connectivity index (χ1) is 21.8. The number of fused-ring (bicyclic) bond motifs is 3. The summed E-state index contributed by atoms with van der Waals surface area (Å²) < 4.78 is 1.27. The van der Waals surface area contributed by atoms with Gasteiger partial charge in [-0.3, -0.25) is 0 Å². The Morgan fingerprint density at radius 3 is 1.98 bits per heavy atom. The van der Waals surface area contributed by atoms with Gasteiger partial charge < -0.3 is 0 Å². The molecular weight excluding hydrogens is 655 g/mol. The molecule has 1 aliphatic carbocycles. The van der Waals surface area contributed by atoms with Gasteiger partial charge in [0, 0.05) is 8.99 Å². The van der Waals surface area contributed by atoms with Crippen LogP contribution in [-0.2, 0) is 24.7 Å². The lowest BCUT2D eigenvalue weighted by Gasteiger charge is -2.24. The molecule has 7 rings (SSSR count). The lowest BCUT2D eigenvalue weighted by Crippen LogP contribution is -2.16. The van der Waals surface area contributed by atoms with Crippen LogP contribution in [0, 0.1) is 10.5 Å². The highest BCUT2D eigenvalue weighted by Crippen LogP contribution is 2.52. The first-order valence-electron chi connectivity index (χ1n) is 16.1. The summed E-state index contributed by atoms with van der Waals surface area (Å²) in [7, 11) is 0. The molecule has 0 bridgehead atoms. The van der Waals surface area contributed by atoms with Crippen LogP contribution < -0.4 is 0 Å². The van der Waals surface area contributed by atoms with E-state index in [1.54, 1.807) is 0 Å². The number of halogens is 1. The molecule has 1 heteroatoms. The minimum atomic E-state index is -0.0534. The minimum Gasteiger partial charge on any atom is -0.0620 e. The molecule has 0 nitrogen and oxygen atoms in total. The number of hydrogen-bond acceptors (Lipinski definition) is 0. The predicted octanol–water partition coefficient (Wildman–Crippen LogP) is 12.3. The lowest BCUT2D eigenvalue weighted by molar-refractivity contribution is 0.662. The summed E-state index contributed by atoms with van der Waals surface area (Å²) in [5.74, 6) is 0. The SMILES string of the molecule is CCc1ccccc1-c1ccc(-c2ccc(C)cc2)cc1CCc1ccc2c(c1)-c1cccc(-c3ccc(I)cc3)c1C2(C)C. The quantitative estimate of drug-likeness (QED) is 0.146. The molecule has 0 aromatic heterocycles. The van der Waals surface area contributed by atoms with Gasteiger partial charge in [0.15, 0.2) is 0 Å². The Balaban J connectivity index is 1.26. The average molecular weight is 695 g/mol. The fourth-order valence-corrected chi connectivity index (χ4v) is 7.69. The van der Waals surface area contributed by atoms with Gasteiger partial charge in [-0.05, 0) is 133 Å². The number of benzene rings is 6. The second-order valence-electron chi connectivity index (χ2n) is 13.0. The summed E-state index contributed by atoms with van der Waals surface area (Å²) in [5, 5.41) is 0. The molecule has 0 unspecified atom stereocenters. The zero-order valence-electron chi connectivity index (χ0n) is 26.6. The van der Waals surface area contributed by atoms with Crippen LogP contribution in [0.15, 0.2) is 127 Å². The number of hydrogen-bond donors (Lipinski definition) is 0. The second kappa shape index (κ2) is 12.1. The van der Waals surface area contributed by atoms with E-state index >= 15 is 0 Å². The number of aryl methyl sites for hydroxylation is 4. The predicted molar refractivity (Wildman–Crippen MR) is 201 cm³/mol. The Bertz CT molecular complexity index is 2010. The molecular formula is C44H39I. The molecule has 1 aliphatic rings. The van der Waals surface area contributed by atoms with Gasteiger partial charge >= 0.3 is 0 Å². The van der Waals surface area contributed by atoms with Crippen LogP contribution in [0.4, 0.5) is 0 Å². The van der Waals surface area contributed by atoms with Gasteiger partial charge in [-0.15, -0.1) is 0 Å². The molecule has 0 saturated heterocycles. The van der Waals surface area contributed by atoms with Crippen molar-refractivity contribution in [2.24, 2.45) is 0 Å². The van der Waals surface area contributed by atoms with Crippen molar-refractivity contribution in [1.29, 1.82) is 0 Å². The van der Waals surface area contributed by atoms with E-state index in [0.717, 1.165) is 19.3 Å². The number of rotatable bonds is 7. The zero-order chi connectivity index (χ0) is 31.1. The van der Waals surface area contributed by atoms with Gasteiger partial charge in [-0.2, -0.15) is 0 Å². The summed E-state index contributed by atoms with van der Waals surface area (Å²) in [5.41, 5.74) is 19.0. The Labute approximate surface area is 282 Å². The third kappa shape index (κ3) is 5.57. The highest BCUT2D eigenvalue weighted by Gasteiger charge is 2.37. The fourth-order valence-electron chi connectivity index (χ4n) is 7.33. The van der Waals surface area contributed by atoms with Crippen LogP contribution in [0.3, 0.4) is 0 Å². The third-order valence-electron chi connectivity index (χ3n) is 9.75. The standard InChI is InChI=1S/C44H39I/c1-5-31-9-6-7-10-37(31)38-25-22-34(32-17-13-29(2)14-18-32)28-35(38)19-15-30-16-26-42-41(27-30)40-12-8-11-39(43(40)44(42,3)4)33-20-23-36(45)24-21-33/h6-14,16-18,20-28H,5,15,19H2,1-4H3. The van der Waals surface area contributed by atoms with E-state index in [-0.39, 0.29) is 5.41 Å². The van der Waals surface area contributed by atoms with Gasteiger partial charge in [0.2, 0.25) is 0 Å². The molecule has 45 heavy (non-hydrogen) atoms. The van der Waals surface area contributed by atoms with E-state index < -0.39 is 0 Å². The maximum Gasteiger partial charge on any atom is 0.0165 e. The fraction of sp³-hybridized carbons (Fsp3) is 0.182. The normalized spacial score (nSPS) is 13.0. The highest BCUT2D eigenvalue weighted by atomic mass is 127. The van der Waals surface area contributed by atoms with E-state index in [1.165, 1.54) is 81.5 Å². The monoisotopic (exact) mass is 694 g/mol. The first-order valence-corrected chi connectivity index (χ1v) is 17.2. The Morgan fingerprint density at radius 1 is 0.533 bits per heavy atom. The van der Waals surface area contributed by atoms with Crippen LogP contribution in [0.2, 0.25) is 0 Å². The summed E-state index contributed by atoms with van der Waals surface area (Å²) in [6.07, 6.45) is 3.02. The Kier molecular flexibility index (Phi) is 8.00. The van der Waals surface area contributed by atoms with Crippen LogP contribution >= 0.6 is 22.6 Å². The van der Waals surface area contributed by atoms with Crippen LogP contribution in [0.25, 0.3) is 44.5 Å². The van der Waals surface area contributed by atoms with Gasteiger partial charge in [0.05, 0.1) is 0 Å². The maximum atomic E-state index is 2.48. The van der Waals surface area contributed by atoms with Crippen molar-refractivity contribution in [2.45, 2.75) is 52.4 Å². The molecule has 0 fully saturated rings. The van der Waals surface area contributed by atoms with Gasteiger partial charge in [0.1, 0.15) is 0 Å². The molecule has 0 aliphatic heterocycles. The van der Waals surface area contributed by atoms with E-state index in [9.17, 15) is 0 Å². The van der Waals surface area contributed by atoms with Crippen molar-refractivity contribution in [3.63, 3.8) is 0 Å². The van der Waals surface area contributed by atoms with Crippen molar-refractivity contribution in [1.82, 2.24) is 0 Å².